The van der Waals surface area contributed by atoms with Crippen molar-refractivity contribution in [1.82, 2.24) is 10.0 Å². The number of allylic oxidation sites excluding steroid dienone is 1. The van der Waals surface area contributed by atoms with Gasteiger partial charge in [-0.05, 0) is 85.4 Å². The van der Waals surface area contributed by atoms with Gasteiger partial charge in [-0.25, -0.2) is 9.91 Å². The van der Waals surface area contributed by atoms with Crippen molar-refractivity contribution in [2.24, 2.45) is 21.4 Å². The van der Waals surface area contributed by atoms with Crippen LogP contribution in [0.1, 0.15) is 42.0 Å². The van der Waals surface area contributed by atoms with Gasteiger partial charge in [-0.3, -0.25) is 19.4 Å². The number of imide groups is 1. The van der Waals surface area contributed by atoms with Crippen LogP contribution < -0.4 is 4.90 Å². The maximum absolute atomic E-state index is 14.1. The number of aryl methyl sites for hydroxylation is 1. The summed E-state index contributed by atoms with van der Waals surface area (Å²) in [7, 11) is 0. The number of hydrogen-bond donors (Lipinski definition) is 0. The second-order valence-corrected chi connectivity index (χ2v) is 12.4. The molecule has 3 heterocycles. The minimum absolute atomic E-state index is 0.0212. The maximum Gasteiger partial charge on any atom is 0.264 e. The van der Waals surface area contributed by atoms with Gasteiger partial charge >= 0.3 is 0 Å². The molecule has 0 aromatic heterocycles. The van der Waals surface area contributed by atoms with Gasteiger partial charge < -0.3 is 0 Å². The van der Waals surface area contributed by atoms with E-state index in [1.807, 2.05) is 67.6 Å². The van der Waals surface area contributed by atoms with E-state index in [2.05, 4.69) is 16.4 Å². The van der Waals surface area contributed by atoms with Crippen LogP contribution in [0.15, 0.2) is 93.8 Å². The first-order valence-electron chi connectivity index (χ1n) is 14.5. The van der Waals surface area contributed by atoms with Crippen molar-refractivity contribution in [2.45, 2.75) is 44.3 Å². The van der Waals surface area contributed by atoms with Crippen LogP contribution in [0.4, 0.5) is 5.69 Å². The van der Waals surface area contributed by atoms with E-state index in [0.29, 0.717) is 15.7 Å². The molecule has 4 atom stereocenters. The summed E-state index contributed by atoms with van der Waals surface area (Å²) in [5, 5.41) is 17.3. The Balaban J connectivity index is 1.18. The molecule has 3 aromatic rings. The normalized spacial score (nSPS) is 25.1. The monoisotopic (exact) mass is 626 g/mol. The topological polar surface area (TPSA) is 98.0 Å². The molecular formula is C33H28Cl2N6O3. The van der Waals surface area contributed by atoms with Crippen molar-refractivity contribution >= 4 is 58.4 Å². The third-order valence-electron chi connectivity index (χ3n) is 8.63. The molecule has 7 rings (SSSR count). The van der Waals surface area contributed by atoms with Crippen LogP contribution in [0.2, 0.25) is 10.0 Å². The lowest BCUT2D eigenvalue weighted by atomic mass is 9.77. The molecule has 0 N–H and O–H groups in total. The van der Waals surface area contributed by atoms with Crippen molar-refractivity contribution in [2.75, 3.05) is 11.4 Å². The highest BCUT2D eigenvalue weighted by molar-refractivity contribution is 6.31. The molecule has 11 heteroatoms. The molecule has 44 heavy (non-hydrogen) atoms. The first-order valence-corrected chi connectivity index (χ1v) is 15.3. The van der Waals surface area contributed by atoms with Crippen molar-refractivity contribution < 1.29 is 14.4 Å². The Morgan fingerprint density at radius 2 is 1.59 bits per heavy atom. The highest BCUT2D eigenvalue weighted by Crippen LogP contribution is 2.45. The minimum Gasteiger partial charge on any atom is -0.271 e. The van der Waals surface area contributed by atoms with Crippen LogP contribution >= 0.6 is 23.2 Å². The van der Waals surface area contributed by atoms with Crippen LogP contribution in [-0.4, -0.2) is 52.1 Å². The number of nitrogens with zero attached hydrogens (tertiary/aromatic N) is 6. The lowest BCUT2D eigenvalue weighted by molar-refractivity contribution is -0.136. The Bertz CT molecular complexity index is 1740. The largest absolute Gasteiger partial charge is 0.271 e. The van der Waals surface area contributed by atoms with Crippen LogP contribution in [0.25, 0.3) is 6.08 Å². The van der Waals surface area contributed by atoms with E-state index in [9.17, 15) is 14.4 Å². The fourth-order valence-corrected chi connectivity index (χ4v) is 6.73. The molecule has 2 fully saturated rings. The van der Waals surface area contributed by atoms with E-state index in [1.165, 1.54) is 10.0 Å². The fraction of sp³-hybridized carbons (Fsp3) is 0.273. The second-order valence-electron chi connectivity index (χ2n) is 11.5. The Morgan fingerprint density at radius 1 is 0.909 bits per heavy atom. The van der Waals surface area contributed by atoms with Gasteiger partial charge in [0.25, 0.3) is 17.7 Å². The van der Waals surface area contributed by atoms with Crippen LogP contribution in [0, 0.1) is 12.8 Å². The van der Waals surface area contributed by atoms with Gasteiger partial charge in [-0.2, -0.15) is 10.2 Å². The number of halogens is 2. The summed E-state index contributed by atoms with van der Waals surface area (Å²) in [4.78, 5) is 41.9. The zero-order chi connectivity index (χ0) is 30.5. The predicted octanol–water partition coefficient (Wildman–Crippen LogP) is 6.42. The van der Waals surface area contributed by atoms with Gasteiger partial charge in [0.15, 0.2) is 12.1 Å². The quantitative estimate of drug-likeness (QED) is 0.305. The third-order valence-corrected chi connectivity index (χ3v) is 9.13. The average Bonchev–Trinajstić information content (AvgIpc) is 3.69. The summed E-state index contributed by atoms with van der Waals surface area (Å²) in [6.45, 7) is 1.68. The Morgan fingerprint density at radius 3 is 2.30 bits per heavy atom. The predicted molar refractivity (Wildman–Crippen MR) is 168 cm³/mol. The molecular weight excluding hydrogens is 599 g/mol. The van der Waals surface area contributed by atoms with E-state index < -0.39 is 23.9 Å². The van der Waals surface area contributed by atoms with Crippen LogP contribution in [0.5, 0.6) is 0 Å². The average molecular weight is 628 g/mol. The molecule has 0 radical (unpaired) electrons. The Hall–Kier alpha value is -4.34. The first-order chi connectivity index (χ1) is 21.3. The van der Waals surface area contributed by atoms with Gasteiger partial charge in [0, 0.05) is 16.0 Å². The number of hydrogen-bond acceptors (Lipinski definition) is 7. The Labute approximate surface area is 264 Å². The number of amides is 3. The number of rotatable bonds is 5. The summed E-state index contributed by atoms with van der Waals surface area (Å²) >= 11 is 12.3. The van der Waals surface area contributed by atoms with Crippen molar-refractivity contribution in [1.29, 1.82) is 0 Å². The molecule has 3 aromatic carbocycles. The lowest BCUT2D eigenvalue weighted by Crippen LogP contribution is -2.45. The number of benzene rings is 3. The van der Waals surface area contributed by atoms with E-state index in [0.717, 1.165) is 52.1 Å². The minimum atomic E-state index is -0.995. The van der Waals surface area contributed by atoms with Gasteiger partial charge in [0.1, 0.15) is 6.54 Å². The molecule has 0 unspecified atom stereocenters. The summed E-state index contributed by atoms with van der Waals surface area (Å²) in [5.74, 6) is -1.27. The molecule has 9 nitrogen and oxygen atoms in total. The van der Waals surface area contributed by atoms with E-state index in [1.54, 1.807) is 12.1 Å². The van der Waals surface area contributed by atoms with E-state index in [-0.39, 0.29) is 24.4 Å². The van der Waals surface area contributed by atoms with Gasteiger partial charge in [-0.1, -0.05) is 70.4 Å². The van der Waals surface area contributed by atoms with Gasteiger partial charge in [0.2, 0.25) is 0 Å². The molecule has 0 spiro atoms. The second kappa shape index (κ2) is 11.3. The van der Waals surface area contributed by atoms with Gasteiger partial charge in [-0.15, -0.1) is 0 Å². The smallest absolute Gasteiger partial charge is 0.264 e. The number of carbonyl (C=O) groups excluding carboxylic acids is 3. The highest BCUT2D eigenvalue weighted by atomic mass is 35.5. The Kier molecular flexibility index (Phi) is 7.30. The highest BCUT2D eigenvalue weighted by Gasteiger charge is 2.55. The molecule has 1 saturated heterocycles. The van der Waals surface area contributed by atoms with E-state index >= 15 is 0 Å². The molecule has 1 aliphatic carbocycles. The van der Waals surface area contributed by atoms with Crippen molar-refractivity contribution in [3.8, 4) is 0 Å². The number of fused-ring (bicyclic) bond motifs is 2. The molecule has 3 amide bonds. The molecule has 222 valence electrons. The van der Waals surface area contributed by atoms with Gasteiger partial charge in [0.05, 0.1) is 17.4 Å². The van der Waals surface area contributed by atoms with Crippen LogP contribution in [0.3, 0.4) is 0 Å². The van der Waals surface area contributed by atoms with Crippen LogP contribution in [-0.2, 0) is 14.4 Å². The molecule has 4 aliphatic rings. The maximum atomic E-state index is 14.1. The number of hydrazone groups is 1. The summed E-state index contributed by atoms with van der Waals surface area (Å²) in [6, 6.07) is 19.9. The van der Waals surface area contributed by atoms with Crippen molar-refractivity contribution in [3.05, 3.63) is 105 Å². The number of anilines is 1. The zero-order valence-corrected chi connectivity index (χ0v) is 25.3. The lowest BCUT2D eigenvalue weighted by Gasteiger charge is -2.30. The third kappa shape index (κ3) is 5.00. The SMILES string of the molecule is Cc1ccc(N2C(=O)[C@@H]3[C@@H](N=NN3CC(=O)N3N=C4/C(=C/c5ccc(Cl)cc5)CCC[C@@H]4[C@@H]3c3ccc(Cl)cc3)C2=O)cc1. The molecule has 3 aliphatic heterocycles. The standard InChI is InChI=1S/C33H28Cl2N6O3/c1-19-5-15-25(16-6-19)40-32(43)29-31(33(40)44)39(38-36-29)18-27(42)41-30(21-9-13-24(35)14-10-21)26-4-2-3-22(28(26)37-41)17-20-7-11-23(34)12-8-20/h5-17,26,29-31H,2-4,18H2,1H3/b22-17+/t26-,29+,30-,31-/m0/s1. The molecule has 0 bridgehead atoms. The zero-order valence-electron chi connectivity index (χ0n) is 23.8. The van der Waals surface area contributed by atoms with Crippen molar-refractivity contribution in [3.63, 3.8) is 0 Å². The summed E-state index contributed by atoms with van der Waals surface area (Å²) in [5.41, 5.74) is 5.35. The number of carbonyl (C=O) groups is 3. The fourth-order valence-electron chi connectivity index (χ4n) is 6.47. The summed E-state index contributed by atoms with van der Waals surface area (Å²) < 4.78 is 0. The molecule has 1 saturated carbocycles. The first kappa shape index (κ1) is 28.4. The summed E-state index contributed by atoms with van der Waals surface area (Å²) in [6.07, 6.45) is 4.75. The van der Waals surface area contributed by atoms with E-state index in [4.69, 9.17) is 28.3 Å².